The molecule has 184 valence electrons. The van der Waals surface area contributed by atoms with Crippen LogP contribution in [0.5, 0.6) is 11.5 Å². The van der Waals surface area contributed by atoms with E-state index in [2.05, 4.69) is 25.2 Å². The van der Waals surface area contributed by atoms with Gasteiger partial charge in [-0.2, -0.15) is 5.10 Å². The van der Waals surface area contributed by atoms with Gasteiger partial charge in [-0.3, -0.25) is 5.10 Å². The molecule has 4 heterocycles. The minimum atomic E-state index is -4.72. The molecular formula is C24H24F3N5O3. The molecule has 8 nitrogen and oxygen atoms in total. The zero-order valence-corrected chi connectivity index (χ0v) is 18.7. The third kappa shape index (κ3) is 5.04. The zero-order chi connectivity index (χ0) is 24.4. The van der Waals surface area contributed by atoms with E-state index in [1.165, 1.54) is 12.1 Å². The van der Waals surface area contributed by atoms with E-state index in [0.29, 0.717) is 23.7 Å². The van der Waals surface area contributed by atoms with Gasteiger partial charge in [0.1, 0.15) is 12.0 Å². The van der Waals surface area contributed by atoms with E-state index in [4.69, 9.17) is 14.9 Å². The maximum Gasteiger partial charge on any atom is 0.573 e. The molecule has 1 saturated heterocycles. The fourth-order valence-corrected chi connectivity index (χ4v) is 4.39. The number of fused-ring (bicyclic) bond motifs is 1. The quantitative estimate of drug-likeness (QED) is 0.344. The van der Waals surface area contributed by atoms with Crippen LogP contribution in [-0.2, 0) is 6.42 Å². The topological polar surface area (TPSA) is 111 Å². The van der Waals surface area contributed by atoms with Crippen LogP contribution in [0.4, 0.5) is 19.0 Å². The number of nitrogens with zero attached hydrogens (tertiary/aromatic N) is 2. The number of rotatable bonds is 7. The molecule has 4 aromatic rings. The minimum Gasteiger partial charge on any atom is -0.486 e. The molecule has 11 heteroatoms. The average molecular weight is 487 g/mol. The van der Waals surface area contributed by atoms with E-state index in [0.717, 1.165) is 53.7 Å². The Morgan fingerprint density at radius 2 is 1.86 bits per heavy atom. The molecule has 1 fully saturated rings. The van der Waals surface area contributed by atoms with E-state index in [1.807, 2.05) is 0 Å². The molecule has 4 N–H and O–H groups in total. The molecule has 0 bridgehead atoms. The molecule has 0 unspecified atom stereocenters. The molecular weight excluding hydrogens is 463 g/mol. The number of nitrogens with one attached hydrogen (secondary N) is 2. The molecule has 0 spiro atoms. The number of hydrogen-bond acceptors (Lipinski definition) is 7. The van der Waals surface area contributed by atoms with Crippen LogP contribution >= 0.6 is 0 Å². The minimum absolute atomic E-state index is 0.193. The van der Waals surface area contributed by atoms with Crippen LogP contribution in [0.1, 0.15) is 30.0 Å². The lowest BCUT2D eigenvalue weighted by atomic mass is 9.90. The summed E-state index contributed by atoms with van der Waals surface area (Å²) >= 11 is 0. The number of aromatic nitrogens is 3. The second-order valence-electron chi connectivity index (χ2n) is 8.38. The number of alkyl halides is 3. The number of H-pyrrole nitrogens is 1. The molecule has 5 rings (SSSR count). The highest BCUT2D eigenvalue weighted by Crippen LogP contribution is 2.40. The molecule has 0 amide bonds. The van der Waals surface area contributed by atoms with Crippen LogP contribution in [0, 0.1) is 0 Å². The Balaban J connectivity index is 1.32. The van der Waals surface area contributed by atoms with E-state index < -0.39 is 6.36 Å². The van der Waals surface area contributed by atoms with Crippen molar-refractivity contribution in [2.45, 2.75) is 31.5 Å². The van der Waals surface area contributed by atoms with Crippen LogP contribution in [0.15, 0.2) is 47.3 Å². The maximum atomic E-state index is 12.3. The summed E-state index contributed by atoms with van der Waals surface area (Å²) in [5.74, 6) is 0.631. The predicted octanol–water partition coefficient (Wildman–Crippen LogP) is 4.79. The van der Waals surface area contributed by atoms with Gasteiger partial charge in [0, 0.05) is 35.4 Å². The SMILES string of the molecule is Nc1ncc2c(-c3cn[nH]c3C3CCNCC3)coc2c1OCCc1ccc(OC(F)(F)F)cc1. The van der Waals surface area contributed by atoms with Crippen molar-refractivity contribution in [1.29, 1.82) is 0 Å². The van der Waals surface area contributed by atoms with Crippen molar-refractivity contribution in [2.75, 3.05) is 25.4 Å². The normalized spacial score (nSPS) is 14.9. The smallest absolute Gasteiger partial charge is 0.486 e. The number of furan rings is 1. The van der Waals surface area contributed by atoms with Gasteiger partial charge >= 0.3 is 6.36 Å². The number of ether oxygens (including phenoxy) is 2. The molecule has 0 saturated carbocycles. The van der Waals surface area contributed by atoms with E-state index in [9.17, 15) is 13.2 Å². The molecule has 1 aromatic carbocycles. The number of aromatic amines is 1. The first-order valence-electron chi connectivity index (χ1n) is 11.3. The number of anilines is 1. The number of halogens is 3. The van der Waals surface area contributed by atoms with Crippen molar-refractivity contribution in [3.8, 4) is 22.6 Å². The largest absolute Gasteiger partial charge is 0.573 e. The second-order valence-corrected chi connectivity index (χ2v) is 8.38. The van der Waals surface area contributed by atoms with E-state index in [-0.39, 0.29) is 18.2 Å². The highest BCUT2D eigenvalue weighted by atomic mass is 19.4. The van der Waals surface area contributed by atoms with Crippen molar-refractivity contribution in [3.63, 3.8) is 0 Å². The summed E-state index contributed by atoms with van der Waals surface area (Å²) in [6.07, 6.45) is 2.88. The second kappa shape index (κ2) is 9.49. The summed E-state index contributed by atoms with van der Waals surface area (Å²) < 4.78 is 52.7. The van der Waals surface area contributed by atoms with Crippen LogP contribution in [-0.4, -0.2) is 41.2 Å². The Bertz CT molecular complexity index is 1290. The van der Waals surface area contributed by atoms with E-state index >= 15 is 0 Å². The molecule has 35 heavy (non-hydrogen) atoms. The average Bonchev–Trinajstić information content (AvgIpc) is 3.48. The Morgan fingerprint density at radius 1 is 1.09 bits per heavy atom. The van der Waals surface area contributed by atoms with E-state index in [1.54, 1.807) is 30.8 Å². The lowest BCUT2D eigenvalue weighted by Gasteiger charge is -2.22. The van der Waals surface area contributed by atoms with Gasteiger partial charge in [0.2, 0.25) is 5.75 Å². The van der Waals surface area contributed by atoms with Gasteiger partial charge in [-0.1, -0.05) is 12.1 Å². The summed E-state index contributed by atoms with van der Waals surface area (Å²) in [5.41, 5.74) is 10.2. The predicted molar refractivity (Wildman–Crippen MR) is 123 cm³/mol. The zero-order valence-electron chi connectivity index (χ0n) is 18.7. The number of nitrogens with two attached hydrogens (primary N) is 1. The fourth-order valence-electron chi connectivity index (χ4n) is 4.39. The lowest BCUT2D eigenvalue weighted by Crippen LogP contribution is -2.27. The Morgan fingerprint density at radius 3 is 2.60 bits per heavy atom. The summed E-state index contributed by atoms with van der Waals surface area (Å²) in [5, 5.41) is 11.6. The van der Waals surface area contributed by atoms with Gasteiger partial charge in [0.15, 0.2) is 11.4 Å². The van der Waals surface area contributed by atoms with Gasteiger partial charge in [-0.15, -0.1) is 13.2 Å². The number of hydrogen-bond donors (Lipinski definition) is 3. The van der Waals surface area contributed by atoms with Crippen molar-refractivity contribution in [3.05, 3.63) is 54.2 Å². The first-order chi connectivity index (χ1) is 16.9. The number of nitrogen functional groups attached to an aromatic ring is 1. The fraction of sp³-hybridized carbons (Fsp3) is 0.333. The van der Waals surface area contributed by atoms with Crippen LogP contribution in [0.3, 0.4) is 0 Å². The molecule has 3 aromatic heterocycles. The van der Waals surface area contributed by atoms with Gasteiger partial charge in [0.25, 0.3) is 0 Å². The molecule has 0 radical (unpaired) electrons. The number of piperidine rings is 1. The Kier molecular flexibility index (Phi) is 6.25. The molecule has 0 atom stereocenters. The maximum absolute atomic E-state index is 12.3. The van der Waals surface area contributed by atoms with Gasteiger partial charge in [-0.05, 0) is 43.6 Å². The van der Waals surface area contributed by atoms with Crippen molar-refractivity contribution in [1.82, 2.24) is 20.5 Å². The van der Waals surface area contributed by atoms with Crippen LogP contribution in [0.25, 0.3) is 22.1 Å². The Labute approximate surface area is 198 Å². The summed E-state index contributed by atoms with van der Waals surface area (Å²) in [4.78, 5) is 4.29. The first-order valence-corrected chi connectivity index (χ1v) is 11.3. The molecule has 0 aliphatic carbocycles. The Hall–Kier alpha value is -3.73. The van der Waals surface area contributed by atoms with Crippen LogP contribution in [0.2, 0.25) is 0 Å². The van der Waals surface area contributed by atoms with Crippen molar-refractivity contribution >= 4 is 16.8 Å². The monoisotopic (exact) mass is 487 g/mol. The third-order valence-electron chi connectivity index (χ3n) is 6.10. The third-order valence-corrected chi connectivity index (χ3v) is 6.10. The number of benzene rings is 1. The standard InChI is InChI=1S/C24H24F3N5O3/c25-24(26,27)35-16-3-1-14(2-4-16)7-10-33-22-21-18(11-30-23(22)28)19(13-34-21)17-12-31-32-20(17)15-5-8-29-9-6-15/h1-4,11-13,15,29H,5-10H2,(H2,28,30)(H,31,32). The van der Waals surface area contributed by atoms with Crippen molar-refractivity contribution in [2.24, 2.45) is 0 Å². The molecule has 1 aliphatic rings. The summed E-state index contributed by atoms with van der Waals surface area (Å²) in [7, 11) is 0. The highest BCUT2D eigenvalue weighted by molar-refractivity contribution is 5.98. The molecule has 1 aliphatic heterocycles. The van der Waals surface area contributed by atoms with Crippen molar-refractivity contribution < 1.29 is 27.1 Å². The lowest BCUT2D eigenvalue weighted by molar-refractivity contribution is -0.274. The highest BCUT2D eigenvalue weighted by Gasteiger charge is 2.31. The summed E-state index contributed by atoms with van der Waals surface area (Å²) in [6, 6.07) is 5.64. The first kappa shape index (κ1) is 23.0. The summed E-state index contributed by atoms with van der Waals surface area (Å²) in [6.45, 7) is 2.15. The van der Waals surface area contributed by atoms with Gasteiger partial charge in [-0.25, -0.2) is 4.98 Å². The number of pyridine rings is 1. The van der Waals surface area contributed by atoms with Gasteiger partial charge < -0.3 is 24.9 Å². The van der Waals surface area contributed by atoms with Gasteiger partial charge in [0.05, 0.1) is 18.2 Å². The van der Waals surface area contributed by atoms with Crippen LogP contribution < -0.4 is 20.5 Å².